The van der Waals surface area contributed by atoms with Crippen molar-refractivity contribution in [1.82, 2.24) is 19.9 Å². The number of hydrogen-bond donors (Lipinski definition) is 1. The molecule has 1 N–H and O–H groups in total. The van der Waals surface area contributed by atoms with E-state index in [1.807, 2.05) is 17.7 Å². The molecule has 0 atom stereocenters. The van der Waals surface area contributed by atoms with Gasteiger partial charge in [0, 0.05) is 25.6 Å². The second-order valence-electron chi connectivity index (χ2n) is 3.68. The van der Waals surface area contributed by atoms with Crippen LogP contribution in [0.5, 0.6) is 0 Å². The van der Waals surface area contributed by atoms with Crippen molar-refractivity contribution in [3.05, 3.63) is 47.8 Å². The Morgan fingerprint density at radius 1 is 1.50 bits per heavy atom. The molecule has 6 nitrogen and oxygen atoms in total. The number of rotatable bonds is 3. The van der Waals surface area contributed by atoms with E-state index in [-0.39, 0.29) is 11.6 Å². The van der Waals surface area contributed by atoms with E-state index in [9.17, 15) is 4.79 Å². The van der Waals surface area contributed by atoms with Gasteiger partial charge in [0.25, 0.3) is 5.91 Å². The summed E-state index contributed by atoms with van der Waals surface area (Å²) in [6.45, 7) is 0.337. The molecule has 0 aromatic carbocycles. The number of pyridine rings is 1. The summed E-state index contributed by atoms with van der Waals surface area (Å²) >= 11 is 0. The van der Waals surface area contributed by atoms with E-state index in [0.29, 0.717) is 12.1 Å². The Balaban J connectivity index is 2.00. The molecule has 2 heterocycles. The maximum absolute atomic E-state index is 11.8. The van der Waals surface area contributed by atoms with Crippen molar-refractivity contribution >= 4 is 5.91 Å². The highest BCUT2D eigenvalue weighted by Gasteiger charge is 2.08. The third-order valence-corrected chi connectivity index (χ3v) is 2.45. The second-order valence-corrected chi connectivity index (χ2v) is 3.68. The van der Waals surface area contributed by atoms with Gasteiger partial charge in [0.15, 0.2) is 0 Å². The van der Waals surface area contributed by atoms with Gasteiger partial charge in [-0.05, 0) is 12.1 Å². The lowest BCUT2D eigenvalue weighted by Gasteiger charge is -2.04. The summed E-state index contributed by atoms with van der Waals surface area (Å²) in [7, 11) is 1.86. The van der Waals surface area contributed by atoms with Crippen molar-refractivity contribution in [2.24, 2.45) is 7.05 Å². The first kappa shape index (κ1) is 11.8. The maximum Gasteiger partial charge on any atom is 0.270 e. The average molecular weight is 241 g/mol. The third kappa shape index (κ3) is 2.52. The first-order valence-corrected chi connectivity index (χ1v) is 5.31. The Kier molecular flexibility index (Phi) is 3.34. The third-order valence-electron chi connectivity index (χ3n) is 2.45. The molecular formula is C12H11N5O. The largest absolute Gasteiger partial charge is 0.343 e. The molecule has 0 bridgehead atoms. The number of aryl methyl sites for hydroxylation is 1. The van der Waals surface area contributed by atoms with Gasteiger partial charge in [0.1, 0.15) is 17.6 Å². The van der Waals surface area contributed by atoms with Gasteiger partial charge in [-0.15, -0.1) is 0 Å². The first-order valence-electron chi connectivity index (χ1n) is 5.31. The second kappa shape index (κ2) is 5.10. The van der Waals surface area contributed by atoms with Gasteiger partial charge in [-0.2, -0.15) is 5.26 Å². The lowest BCUT2D eigenvalue weighted by Crippen LogP contribution is -2.25. The minimum Gasteiger partial charge on any atom is -0.343 e. The number of hydrogen-bond acceptors (Lipinski definition) is 4. The van der Waals surface area contributed by atoms with Gasteiger partial charge in [0.2, 0.25) is 0 Å². The number of nitrogens with zero attached hydrogens (tertiary/aromatic N) is 4. The highest BCUT2D eigenvalue weighted by atomic mass is 16.1. The van der Waals surface area contributed by atoms with Crippen LogP contribution >= 0.6 is 0 Å². The Hall–Kier alpha value is -2.68. The molecular weight excluding hydrogens is 230 g/mol. The highest BCUT2D eigenvalue weighted by Crippen LogP contribution is 2.00. The topological polar surface area (TPSA) is 83.6 Å². The van der Waals surface area contributed by atoms with Gasteiger partial charge >= 0.3 is 0 Å². The predicted octanol–water partition coefficient (Wildman–Crippen LogP) is 0.617. The average Bonchev–Trinajstić information content (AvgIpc) is 2.81. The Labute approximate surface area is 104 Å². The number of carbonyl (C=O) groups excluding carboxylic acids is 1. The van der Waals surface area contributed by atoms with Crippen molar-refractivity contribution in [1.29, 1.82) is 5.26 Å². The van der Waals surface area contributed by atoms with Crippen LogP contribution in [0.4, 0.5) is 0 Å². The first-order chi connectivity index (χ1) is 8.70. The molecule has 0 unspecified atom stereocenters. The predicted molar refractivity (Wildman–Crippen MR) is 63.3 cm³/mol. The van der Waals surface area contributed by atoms with E-state index in [2.05, 4.69) is 15.3 Å². The molecule has 6 heteroatoms. The van der Waals surface area contributed by atoms with Gasteiger partial charge in [-0.1, -0.05) is 0 Å². The molecule has 2 rings (SSSR count). The summed E-state index contributed by atoms with van der Waals surface area (Å²) in [6, 6.07) is 5.03. The van der Waals surface area contributed by atoms with Crippen LogP contribution in [0.25, 0.3) is 0 Å². The van der Waals surface area contributed by atoms with E-state index in [4.69, 9.17) is 5.26 Å². The summed E-state index contributed by atoms with van der Waals surface area (Å²) in [5, 5.41) is 11.3. The van der Waals surface area contributed by atoms with E-state index in [1.54, 1.807) is 18.5 Å². The summed E-state index contributed by atoms with van der Waals surface area (Å²) in [4.78, 5) is 19.8. The molecule has 90 valence electrons. The van der Waals surface area contributed by atoms with E-state index in [0.717, 1.165) is 5.82 Å². The van der Waals surface area contributed by atoms with E-state index in [1.165, 1.54) is 12.3 Å². The van der Waals surface area contributed by atoms with Crippen LogP contribution in [-0.2, 0) is 13.6 Å². The van der Waals surface area contributed by atoms with Gasteiger partial charge in [0.05, 0.1) is 12.1 Å². The van der Waals surface area contributed by atoms with Gasteiger partial charge in [-0.25, -0.2) is 9.97 Å². The monoisotopic (exact) mass is 241 g/mol. The summed E-state index contributed by atoms with van der Waals surface area (Å²) in [6.07, 6.45) is 4.85. The van der Waals surface area contributed by atoms with Crippen molar-refractivity contribution < 1.29 is 4.79 Å². The molecule has 1 amide bonds. The van der Waals surface area contributed by atoms with Crippen LogP contribution in [0, 0.1) is 11.3 Å². The van der Waals surface area contributed by atoms with E-state index >= 15 is 0 Å². The van der Waals surface area contributed by atoms with Crippen LogP contribution in [0.1, 0.15) is 21.9 Å². The van der Waals surface area contributed by atoms with Gasteiger partial charge in [-0.3, -0.25) is 4.79 Å². The summed E-state index contributed by atoms with van der Waals surface area (Å²) in [5.74, 6) is 0.472. The fraction of sp³-hybridized carbons (Fsp3) is 0.167. The molecule has 2 aromatic rings. The fourth-order valence-corrected chi connectivity index (χ4v) is 1.41. The zero-order valence-corrected chi connectivity index (χ0v) is 9.79. The molecule has 0 spiro atoms. The van der Waals surface area contributed by atoms with Crippen LogP contribution in [0.3, 0.4) is 0 Å². The number of imidazole rings is 1. The molecule has 0 aliphatic heterocycles. The molecule has 0 saturated carbocycles. The van der Waals surface area contributed by atoms with Gasteiger partial charge < -0.3 is 9.88 Å². The normalized spacial score (nSPS) is 9.78. The Morgan fingerprint density at radius 2 is 2.33 bits per heavy atom. The maximum atomic E-state index is 11.8. The zero-order valence-electron chi connectivity index (χ0n) is 9.79. The number of carbonyl (C=O) groups is 1. The smallest absolute Gasteiger partial charge is 0.270 e. The SMILES string of the molecule is Cn1ccnc1CNC(=O)c1ccc(C#N)cn1. The molecule has 0 fully saturated rings. The van der Waals surface area contributed by atoms with Crippen LogP contribution < -0.4 is 5.32 Å². The number of aromatic nitrogens is 3. The van der Waals surface area contributed by atoms with Crippen molar-refractivity contribution in [2.45, 2.75) is 6.54 Å². The fourth-order valence-electron chi connectivity index (χ4n) is 1.41. The van der Waals surface area contributed by atoms with Crippen LogP contribution in [0.15, 0.2) is 30.7 Å². The molecule has 2 aromatic heterocycles. The quantitative estimate of drug-likeness (QED) is 0.853. The van der Waals surface area contributed by atoms with Crippen molar-refractivity contribution in [3.63, 3.8) is 0 Å². The molecule has 0 saturated heterocycles. The number of nitriles is 1. The summed E-state index contributed by atoms with van der Waals surface area (Å²) < 4.78 is 1.83. The minimum absolute atomic E-state index is 0.281. The number of amides is 1. The Bertz CT molecular complexity index is 594. The molecule has 0 aliphatic carbocycles. The lowest BCUT2D eigenvalue weighted by molar-refractivity contribution is 0.0944. The standard InChI is InChI=1S/C12H11N5O/c1-17-5-4-14-11(17)8-16-12(18)10-3-2-9(6-13)7-15-10/h2-5,7H,8H2,1H3,(H,16,18). The Morgan fingerprint density at radius 3 is 2.89 bits per heavy atom. The van der Waals surface area contributed by atoms with E-state index < -0.39 is 0 Å². The van der Waals surface area contributed by atoms with Crippen LogP contribution in [0.2, 0.25) is 0 Å². The molecule has 0 aliphatic rings. The minimum atomic E-state index is -0.289. The molecule has 0 radical (unpaired) electrons. The zero-order chi connectivity index (χ0) is 13.0. The van der Waals surface area contributed by atoms with Crippen LogP contribution in [-0.4, -0.2) is 20.4 Å². The lowest BCUT2D eigenvalue weighted by atomic mass is 10.2. The van der Waals surface area contributed by atoms with Crippen molar-refractivity contribution in [2.75, 3.05) is 0 Å². The van der Waals surface area contributed by atoms with Crippen molar-refractivity contribution in [3.8, 4) is 6.07 Å². The molecule has 18 heavy (non-hydrogen) atoms. The highest BCUT2D eigenvalue weighted by molar-refractivity contribution is 5.92. The number of nitrogens with one attached hydrogen (secondary N) is 1. The summed E-state index contributed by atoms with van der Waals surface area (Å²) in [5.41, 5.74) is 0.707.